The Labute approximate surface area is 164 Å². The summed E-state index contributed by atoms with van der Waals surface area (Å²) < 4.78 is 29.5. The Bertz CT molecular complexity index is 1130. The van der Waals surface area contributed by atoms with Crippen molar-refractivity contribution in [3.8, 4) is 0 Å². The van der Waals surface area contributed by atoms with Crippen LogP contribution in [0.5, 0.6) is 0 Å². The van der Waals surface area contributed by atoms with Gasteiger partial charge in [-0.25, -0.2) is 8.42 Å². The van der Waals surface area contributed by atoms with Crippen LogP contribution in [0, 0.1) is 20.8 Å². The molecule has 2 N–H and O–H groups in total. The average Bonchev–Trinajstić information content (AvgIpc) is 2.94. The first kappa shape index (κ1) is 19.6. The number of benzene rings is 2. The van der Waals surface area contributed by atoms with Gasteiger partial charge in [0.15, 0.2) is 0 Å². The number of aromatic nitrogens is 2. The summed E-state index contributed by atoms with van der Waals surface area (Å²) in [5.41, 5.74) is 3.13. The number of rotatable bonds is 5. The second-order valence-electron chi connectivity index (χ2n) is 6.70. The summed E-state index contributed by atoms with van der Waals surface area (Å²) in [5, 5.41) is 6.96. The van der Waals surface area contributed by atoms with Gasteiger partial charge in [0.2, 0.25) is 0 Å². The van der Waals surface area contributed by atoms with Crippen LogP contribution in [-0.4, -0.2) is 24.1 Å². The Balaban J connectivity index is 1.76. The van der Waals surface area contributed by atoms with Crippen molar-refractivity contribution >= 4 is 27.4 Å². The molecule has 8 heteroatoms. The summed E-state index contributed by atoms with van der Waals surface area (Å²) in [6.07, 6.45) is 0. The second-order valence-corrected chi connectivity index (χ2v) is 8.35. The van der Waals surface area contributed by atoms with Crippen LogP contribution in [0.1, 0.15) is 27.2 Å². The highest BCUT2D eigenvalue weighted by atomic mass is 32.2. The molecule has 0 fully saturated rings. The van der Waals surface area contributed by atoms with Gasteiger partial charge in [-0.1, -0.05) is 12.1 Å². The van der Waals surface area contributed by atoms with Gasteiger partial charge in [-0.3, -0.25) is 14.2 Å². The van der Waals surface area contributed by atoms with Gasteiger partial charge in [0, 0.05) is 24.4 Å². The fourth-order valence-electron chi connectivity index (χ4n) is 2.81. The van der Waals surface area contributed by atoms with E-state index in [1.807, 2.05) is 19.9 Å². The third kappa shape index (κ3) is 4.23. The molecule has 7 nitrogen and oxygen atoms in total. The van der Waals surface area contributed by atoms with Gasteiger partial charge < -0.3 is 5.32 Å². The predicted molar refractivity (Wildman–Crippen MR) is 109 cm³/mol. The molecule has 146 valence electrons. The van der Waals surface area contributed by atoms with Crippen LogP contribution in [0.2, 0.25) is 0 Å². The summed E-state index contributed by atoms with van der Waals surface area (Å²) in [4.78, 5) is 12.6. The highest BCUT2D eigenvalue weighted by Crippen LogP contribution is 2.21. The van der Waals surface area contributed by atoms with Crippen LogP contribution >= 0.6 is 0 Å². The number of amides is 1. The maximum absolute atomic E-state index is 12.7. The molecular weight excluding hydrogens is 376 g/mol. The lowest BCUT2D eigenvalue weighted by Crippen LogP contribution is -2.16. The molecule has 0 radical (unpaired) electrons. The van der Waals surface area contributed by atoms with Crippen LogP contribution in [-0.2, 0) is 17.1 Å². The number of nitrogens with zero attached hydrogens (tertiary/aromatic N) is 2. The van der Waals surface area contributed by atoms with Gasteiger partial charge in [-0.15, -0.1) is 0 Å². The van der Waals surface area contributed by atoms with Crippen molar-refractivity contribution in [3.05, 3.63) is 70.9 Å². The number of sulfonamides is 1. The van der Waals surface area contributed by atoms with Crippen molar-refractivity contribution in [2.75, 3.05) is 10.0 Å². The molecule has 0 bridgehead atoms. The van der Waals surface area contributed by atoms with E-state index < -0.39 is 10.0 Å². The minimum absolute atomic E-state index is 0.237. The smallest absolute Gasteiger partial charge is 0.262 e. The molecule has 2 aromatic carbocycles. The van der Waals surface area contributed by atoms with Crippen LogP contribution in [0.25, 0.3) is 0 Å². The number of anilines is 2. The van der Waals surface area contributed by atoms with Crippen molar-refractivity contribution < 1.29 is 13.2 Å². The Morgan fingerprint density at radius 1 is 1.00 bits per heavy atom. The Morgan fingerprint density at radius 3 is 2.29 bits per heavy atom. The first-order valence-corrected chi connectivity index (χ1v) is 10.2. The number of nitrogens with one attached hydrogen (secondary N) is 2. The molecule has 1 heterocycles. The minimum atomic E-state index is -3.71. The Hall–Kier alpha value is -3.13. The van der Waals surface area contributed by atoms with Crippen molar-refractivity contribution in [1.82, 2.24) is 9.78 Å². The molecule has 0 aliphatic heterocycles. The molecule has 1 aromatic heterocycles. The number of carbonyl (C=O) groups excluding carboxylic acids is 1. The third-order valence-electron chi connectivity index (χ3n) is 4.28. The van der Waals surface area contributed by atoms with Crippen LogP contribution in [0.4, 0.5) is 11.5 Å². The van der Waals surface area contributed by atoms with Crippen LogP contribution < -0.4 is 10.0 Å². The Kier molecular flexibility index (Phi) is 5.24. The molecule has 3 aromatic rings. The number of aryl methyl sites for hydroxylation is 4. The summed E-state index contributed by atoms with van der Waals surface area (Å²) in [6, 6.07) is 13.3. The molecule has 0 aliphatic carbocycles. The van der Waals surface area contributed by atoms with E-state index in [9.17, 15) is 13.2 Å². The van der Waals surface area contributed by atoms with E-state index in [1.165, 1.54) is 0 Å². The third-order valence-corrected chi connectivity index (χ3v) is 5.80. The van der Waals surface area contributed by atoms with Crippen LogP contribution in [0.3, 0.4) is 0 Å². The van der Waals surface area contributed by atoms with E-state index in [0.29, 0.717) is 22.6 Å². The first-order chi connectivity index (χ1) is 13.2. The van der Waals surface area contributed by atoms with Gasteiger partial charge in [0.1, 0.15) is 5.82 Å². The van der Waals surface area contributed by atoms with Gasteiger partial charge in [-0.2, -0.15) is 5.10 Å². The molecular formula is C20H22N4O3S. The Morgan fingerprint density at radius 2 is 1.68 bits per heavy atom. The van der Waals surface area contributed by atoms with E-state index in [2.05, 4.69) is 15.1 Å². The molecule has 0 atom stereocenters. The van der Waals surface area contributed by atoms with E-state index in [0.717, 1.165) is 11.3 Å². The van der Waals surface area contributed by atoms with Crippen molar-refractivity contribution in [3.63, 3.8) is 0 Å². The normalized spacial score (nSPS) is 11.3. The number of hydrogen-bond acceptors (Lipinski definition) is 4. The van der Waals surface area contributed by atoms with E-state index >= 15 is 0 Å². The zero-order valence-corrected chi connectivity index (χ0v) is 17.0. The maximum atomic E-state index is 12.7. The zero-order valence-electron chi connectivity index (χ0n) is 16.1. The summed E-state index contributed by atoms with van der Waals surface area (Å²) in [6.45, 7) is 5.43. The zero-order chi connectivity index (χ0) is 20.5. The van der Waals surface area contributed by atoms with Gasteiger partial charge in [-0.05, 0) is 62.2 Å². The largest absolute Gasteiger partial charge is 0.307 e. The van der Waals surface area contributed by atoms with Crippen molar-refractivity contribution in [1.29, 1.82) is 0 Å². The fraction of sp³-hybridized carbons (Fsp3) is 0.200. The molecule has 28 heavy (non-hydrogen) atoms. The minimum Gasteiger partial charge on any atom is -0.307 e. The van der Waals surface area contributed by atoms with E-state index in [1.54, 1.807) is 61.1 Å². The summed E-state index contributed by atoms with van der Waals surface area (Å²) >= 11 is 0. The molecule has 1 amide bonds. The molecule has 0 spiro atoms. The SMILES string of the molecule is Cc1ccc(C)c(S(=O)(=O)Nc2ccc(C(=O)Nc3cc(C)nn3C)cc2)c1. The predicted octanol–water partition coefficient (Wildman–Crippen LogP) is 3.40. The summed E-state index contributed by atoms with van der Waals surface area (Å²) in [5.74, 6) is 0.286. The lowest BCUT2D eigenvalue weighted by atomic mass is 10.2. The molecule has 0 unspecified atom stereocenters. The van der Waals surface area contributed by atoms with Gasteiger partial charge in [0.05, 0.1) is 10.6 Å². The summed E-state index contributed by atoms with van der Waals surface area (Å²) in [7, 11) is -1.97. The maximum Gasteiger partial charge on any atom is 0.262 e. The van der Waals surface area contributed by atoms with Crippen molar-refractivity contribution in [2.24, 2.45) is 7.05 Å². The lowest BCUT2D eigenvalue weighted by molar-refractivity contribution is 0.102. The average molecular weight is 398 g/mol. The highest BCUT2D eigenvalue weighted by molar-refractivity contribution is 7.92. The van der Waals surface area contributed by atoms with Gasteiger partial charge in [0.25, 0.3) is 15.9 Å². The molecule has 0 saturated heterocycles. The topological polar surface area (TPSA) is 93.1 Å². The van der Waals surface area contributed by atoms with Gasteiger partial charge >= 0.3 is 0 Å². The fourth-order valence-corrected chi connectivity index (χ4v) is 4.20. The molecule has 3 rings (SSSR count). The van der Waals surface area contributed by atoms with Crippen LogP contribution in [0.15, 0.2) is 53.4 Å². The standard InChI is InChI=1S/C20H22N4O3S/c1-13-5-6-14(2)18(11-13)28(26,27)23-17-9-7-16(8-10-17)20(25)21-19-12-15(3)22-24(19)4/h5-12,23H,1-4H3,(H,21,25). The second kappa shape index (κ2) is 7.47. The monoisotopic (exact) mass is 398 g/mol. The number of carbonyl (C=O) groups is 1. The number of hydrogen-bond donors (Lipinski definition) is 2. The van der Waals surface area contributed by atoms with E-state index in [4.69, 9.17) is 0 Å². The van der Waals surface area contributed by atoms with E-state index in [-0.39, 0.29) is 10.8 Å². The highest BCUT2D eigenvalue weighted by Gasteiger charge is 2.17. The molecule has 0 saturated carbocycles. The lowest BCUT2D eigenvalue weighted by Gasteiger charge is -2.12. The first-order valence-electron chi connectivity index (χ1n) is 8.68. The van der Waals surface area contributed by atoms with Crippen molar-refractivity contribution in [2.45, 2.75) is 25.7 Å². The molecule has 0 aliphatic rings. The quantitative estimate of drug-likeness (QED) is 0.689.